The third kappa shape index (κ3) is 4.82. The van der Waals surface area contributed by atoms with Crippen LogP contribution < -0.4 is 5.43 Å². The van der Waals surface area contributed by atoms with Crippen LogP contribution in [0.15, 0.2) is 44.4 Å². The van der Waals surface area contributed by atoms with Gasteiger partial charge in [0.05, 0.1) is 16.3 Å². The summed E-state index contributed by atoms with van der Waals surface area (Å²) < 4.78 is 18.1. The molecular weight excluding hydrogens is 388 g/mol. The van der Waals surface area contributed by atoms with Gasteiger partial charge in [0, 0.05) is 17.7 Å². The largest absolute Gasteiger partial charge is 0.612 e. The van der Waals surface area contributed by atoms with Crippen LogP contribution in [0, 0.1) is 0 Å². The number of rotatable bonds is 9. The van der Waals surface area contributed by atoms with Gasteiger partial charge in [0.2, 0.25) is 5.43 Å². The van der Waals surface area contributed by atoms with Gasteiger partial charge in [-0.15, -0.1) is 0 Å². The molecule has 29 heavy (non-hydrogen) atoms. The van der Waals surface area contributed by atoms with Gasteiger partial charge in [0.1, 0.15) is 17.4 Å². The molecule has 0 aliphatic rings. The molecule has 2 aromatic carbocycles. The van der Waals surface area contributed by atoms with Gasteiger partial charge >= 0.3 is 5.97 Å². The van der Waals surface area contributed by atoms with Gasteiger partial charge in [-0.25, -0.2) is 4.79 Å². The molecule has 0 fully saturated rings. The van der Waals surface area contributed by atoms with Crippen molar-refractivity contribution in [1.29, 1.82) is 0 Å². The predicted octanol–water partition coefficient (Wildman–Crippen LogP) is 5.28. The lowest BCUT2D eigenvalue weighted by Gasteiger charge is -2.11. The maximum atomic E-state index is 13.1. The Bertz CT molecular complexity index is 1080. The first-order chi connectivity index (χ1) is 13.9. The molecule has 0 aliphatic carbocycles. The third-order valence-electron chi connectivity index (χ3n) is 5.20. The van der Waals surface area contributed by atoms with Crippen molar-refractivity contribution in [3.8, 4) is 0 Å². The topological polar surface area (TPSA) is 90.6 Å². The van der Waals surface area contributed by atoms with Crippen LogP contribution in [-0.4, -0.2) is 21.9 Å². The summed E-state index contributed by atoms with van der Waals surface area (Å²) in [5, 5.41) is 9.79. The van der Waals surface area contributed by atoms with Gasteiger partial charge < -0.3 is 14.1 Å². The van der Waals surface area contributed by atoms with Gasteiger partial charge in [0.25, 0.3) is 0 Å². The first-order valence-corrected chi connectivity index (χ1v) is 11.6. The minimum atomic E-state index is -1.24. The summed E-state index contributed by atoms with van der Waals surface area (Å²) in [6.45, 7) is 2.19. The molecule has 5 nitrogen and oxygen atoms in total. The number of carbonyl (C=O) groups is 1. The summed E-state index contributed by atoms with van der Waals surface area (Å²) in [4.78, 5) is 24.9. The Morgan fingerprint density at radius 2 is 1.79 bits per heavy atom. The van der Waals surface area contributed by atoms with Gasteiger partial charge in [-0.05, 0) is 42.2 Å². The first-order valence-electron chi connectivity index (χ1n) is 10.0. The second kappa shape index (κ2) is 9.46. The summed E-state index contributed by atoms with van der Waals surface area (Å²) in [5.41, 5.74) is 1.49. The predicted molar refractivity (Wildman–Crippen MR) is 116 cm³/mol. The Labute approximate surface area is 172 Å². The van der Waals surface area contributed by atoms with Crippen LogP contribution in [-0.2, 0) is 17.6 Å². The van der Waals surface area contributed by atoms with Crippen molar-refractivity contribution in [3.63, 3.8) is 0 Å². The second-order valence-corrected chi connectivity index (χ2v) is 8.76. The second-order valence-electron chi connectivity index (χ2n) is 7.38. The summed E-state index contributed by atoms with van der Waals surface area (Å²) >= 11 is -1.24. The van der Waals surface area contributed by atoms with Gasteiger partial charge in [-0.3, -0.25) is 4.79 Å². The first kappa shape index (κ1) is 21.4. The van der Waals surface area contributed by atoms with Crippen molar-refractivity contribution in [2.24, 2.45) is 0 Å². The lowest BCUT2D eigenvalue weighted by Crippen LogP contribution is -2.08. The molecule has 0 aliphatic heterocycles. The highest BCUT2D eigenvalue weighted by Gasteiger charge is 2.17. The van der Waals surface area contributed by atoms with E-state index in [2.05, 4.69) is 6.92 Å². The SMILES string of the molecule is CCCCCCCCc1cc([S+](C)[O-])cc2c(=O)c3cc(C(=O)O)ccc3oc12. The molecule has 3 rings (SSSR count). The van der Waals surface area contributed by atoms with E-state index in [4.69, 9.17) is 4.42 Å². The van der Waals surface area contributed by atoms with Crippen LogP contribution in [0.2, 0.25) is 0 Å². The Hall–Kier alpha value is -2.31. The van der Waals surface area contributed by atoms with Crippen molar-refractivity contribution < 1.29 is 18.9 Å². The number of hydrogen-bond acceptors (Lipinski definition) is 4. The molecule has 1 heterocycles. The molecule has 3 aromatic rings. The lowest BCUT2D eigenvalue weighted by molar-refractivity contribution is 0.0697. The summed E-state index contributed by atoms with van der Waals surface area (Å²) in [7, 11) is 0. The highest BCUT2D eigenvalue weighted by Crippen LogP contribution is 2.27. The Kier molecular flexibility index (Phi) is 6.98. The van der Waals surface area contributed by atoms with Crippen LogP contribution >= 0.6 is 0 Å². The Balaban J connectivity index is 2.05. The molecule has 1 aromatic heterocycles. The van der Waals surface area contributed by atoms with Crippen molar-refractivity contribution in [2.75, 3.05) is 6.26 Å². The highest BCUT2D eigenvalue weighted by atomic mass is 32.2. The summed E-state index contributed by atoms with van der Waals surface area (Å²) in [5.74, 6) is -1.10. The number of hydrogen-bond donors (Lipinski definition) is 1. The van der Waals surface area contributed by atoms with E-state index in [0.29, 0.717) is 21.4 Å². The normalized spacial score (nSPS) is 12.5. The fourth-order valence-corrected chi connectivity index (χ4v) is 4.17. The third-order valence-corrected chi connectivity index (χ3v) is 6.10. The molecule has 1 atom stereocenters. The van der Waals surface area contributed by atoms with E-state index in [9.17, 15) is 19.2 Å². The zero-order valence-corrected chi connectivity index (χ0v) is 17.6. The summed E-state index contributed by atoms with van der Waals surface area (Å²) in [6, 6.07) is 7.77. The molecule has 154 valence electrons. The van der Waals surface area contributed by atoms with Crippen molar-refractivity contribution in [1.82, 2.24) is 0 Å². The van der Waals surface area contributed by atoms with Crippen molar-refractivity contribution in [2.45, 2.75) is 56.8 Å². The molecule has 0 saturated heterocycles. The minimum absolute atomic E-state index is 0.0340. The minimum Gasteiger partial charge on any atom is -0.612 e. The smallest absolute Gasteiger partial charge is 0.335 e. The monoisotopic (exact) mass is 414 g/mol. The standard InChI is InChI=1S/C23H26O5S/c1-3-4-5-6-7-8-9-15-12-17(29(2)27)14-19-21(24)18-13-16(23(25)26)10-11-20(18)28-22(15)19/h10-14H,3-9H2,1-2H3,(H,25,26). The molecule has 6 heteroatoms. The summed E-state index contributed by atoms with van der Waals surface area (Å²) in [6.07, 6.45) is 9.25. The average molecular weight is 415 g/mol. The van der Waals surface area contributed by atoms with Gasteiger partial charge in [0.15, 0.2) is 4.90 Å². The average Bonchev–Trinajstić information content (AvgIpc) is 2.70. The molecule has 1 unspecified atom stereocenters. The van der Waals surface area contributed by atoms with Crippen LogP contribution in [0.1, 0.15) is 61.4 Å². The highest BCUT2D eigenvalue weighted by molar-refractivity contribution is 7.90. The lowest BCUT2D eigenvalue weighted by atomic mass is 10.0. The van der Waals surface area contributed by atoms with Crippen LogP contribution in [0.25, 0.3) is 21.9 Å². The number of aromatic carboxylic acids is 1. The fraction of sp³-hybridized carbons (Fsp3) is 0.391. The van der Waals surface area contributed by atoms with Crippen molar-refractivity contribution in [3.05, 3.63) is 51.7 Å². The number of carboxylic acid groups (broad SMARTS) is 1. The molecule has 0 spiro atoms. The number of benzene rings is 2. The number of fused-ring (bicyclic) bond motifs is 2. The number of aryl methyl sites for hydroxylation is 1. The number of carboxylic acids is 1. The van der Waals surface area contributed by atoms with E-state index >= 15 is 0 Å². The maximum absolute atomic E-state index is 13.1. The molecule has 0 saturated carbocycles. The fourth-order valence-electron chi connectivity index (χ4n) is 3.58. The Morgan fingerprint density at radius 1 is 1.07 bits per heavy atom. The van der Waals surface area contributed by atoms with Gasteiger partial charge in [-0.2, -0.15) is 0 Å². The Morgan fingerprint density at radius 3 is 2.48 bits per heavy atom. The molecular formula is C23H26O5S. The van der Waals surface area contributed by atoms with E-state index < -0.39 is 17.1 Å². The molecule has 0 radical (unpaired) electrons. The van der Waals surface area contributed by atoms with E-state index in [1.165, 1.54) is 43.9 Å². The molecule has 1 N–H and O–H groups in total. The van der Waals surface area contributed by atoms with E-state index in [0.717, 1.165) is 24.8 Å². The maximum Gasteiger partial charge on any atom is 0.335 e. The van der Waals surface area contributed by atoms with Crippen molar-refractivity contribution >= 4 is 39.1 Å². The molecule has 0 amide bonds. The number of unbranched alkanes of at least 4 members (excludes halogenated alkanes) is 5. The zero-order valence-electron chi connectivity index (χ0n) is 16.8. The quantitative estimate of drug-likeness (QED) is 0.292. The van der Waals surface area contributed by atoms with Crippen LogP contribution in [0.4, 0.5) is 0 Å². The van der Waals surface area contributed by atoms with E-state index in [1.807, 2.05) is 6.07 Å². The van der Waals surface area contributed by atoms with Crippen LogP contribution in [0.3, 0.4) is 0 Å². The van der Waals surface area contributed by atoms with E-state index in [-0.39, 0.29) is 16.4 Å². The van der Waals surface area contributed by atoms with Gasteiger partial charge in [-0.1, -0.05) is 39.0 Å². The molecule has 0 bridgehead atoms. The van der Waals surface area contributed by atoms with E-state index in [1.54, 1.807) is 12.3 Å². The zero-order chi connectivity index (χ0) is 21.0. The van der Waals surface area contributed by atoms with Crippen LogP contribution in [0.5, 0.6) is 0 Å².